The first-order valence-corrected chi connectivity index (χ1v) is 11.4. The molecule has 0 atom stereocenters. The molecule has 5 heteroatoms. The summed E-state index contributed by atoms with van der Waals surface area (Å²) in [7, 11) is 0. The van der Waals surface area contributed by atoms with Crippen LogP contribution in [-0.4, -0.2) is 43.7 Å². The molecule has 0 bridgehead atoms. The van der Waals surface area contributed by atoms with Crippen LogP contribution in [0.15, 0.2) is 72.8 Å². The maximum atomic E-state index is 13.1. The fraction of sp³-hybridized carbons (Fsp3) is 0.296. The number of rotatable bonds is 6. The van der Waals surface area contributed by atoms with Crippen molar-refractivity contribution in [1.29, 1.82) is 0 Å². The molecular weight excluding hydrogens is 398 g/mol. The van der Waals surface area contributed by atoms with Crippen LogP contribution in [0.25, 0.3) is 0 Å². The number of amides is 1. The number of hydrogen-bond acceptors (Lipinski definition) is 4. The average Bonchev–Trinajstić information content (AvgIpc) is 3.24. The summed E-state index contributed by atoms with van der Waals surface area (Å²) >= 11 is 0. The van der Waals surface area contributed by atoms with E-state index in [1.54, 1.807) is 0 Å². The lowest BCUT2D eigenvalue weighted by atomic mass is 10.1. The number of carbonyl (C=O) groups excluding carboxylic acids is 1. The number of nitrogens with one attached hydrogen (secondary N) is 1. The van der Waals surface area contributed by atoms with E-state index >= 15 is 0 Å². The Morgan fingerprint density at radius 2 is 1.69 bits per heavy atom. The molecule has 0 radical (unpaired) electrons. The van der Waals surface area contributed by atoms with Crippen molar-refractivity contribution in [2.75, 3.05) is 43.1 Å². The highest BCUT2D eigenvalue weighted by molar-refractivity contribution is 6.04. The smallest absolute Gasteiger partial charge is 0.255 e. The molecule has 1 amide bonds. The number of benzene rings is 3. The van der Waals surface area contributed by atoms with E-state index in [-0.39, 0.29) is 5.91 Å². The summed E-state index contributed by atoms with van der Waals surface area (Å²) in [5.74, 6) is -0.0666. The Labute approximate surface area is 189 Å². The van der Waals surface area contributed by atoms with Gasteiger partial charge in [-0.25, -0.2) is 0 Å². The third-order valence-electron chi connectivity index (χ3n) is 6.31. The Bertz CT molecular complexity index is 1090. The fourth-order valence-corrected chi connectivity index (χ4v) is 4.58. The zero-order chi connectivity index (χ0) is 21.8. The second-order valence-corrected chi connectivity index (χ2v) is 8.50. The summed E-state index contributed by atoms with van der Waals surface area (Å²) in [5.41, 5.74) is 6.54. The van der Waals surface area contributed by atoms with E-state index in [1.165, 1.54) is 11.3 Å². The van der Waals surface area contributed by atoms with Crippen LogP contribution in [0.2, 0.25) is 0 Å². The van der Waals surface area contributed by atoms with Crippen molar-refractivity contribution in [2.45, 2.75) is 19.5 Å². The minimum Gasteiger partial charge on any atom is -0.379 e. The summed E-state index contributed by atoms with van der Waals surface area (Å²) < 4.78 is 5.43. The lowest BCUT2D eigenvalue weighted by Gasteiger charge is -2.26. The molecule has 2 aliphatic heterocycles. The first-order chi connectivity index (χ1) is 15.8. The van der Waals surface area contributed by atoms with E-state index in [1.807, 2.05) is 36.4 Å². The Morgan fingerprint density at radius 3 is 2.59 bits per heavy atom. The van der Waals surface area contributed by atoms with Crippen molar-refractivity contribution in [1.82, 2.24) is 4.90 Å². The van der Waals surface area contributed by atoms with Crippen LogP contribution in [0.1, 0.15) is 27.0 Å². The van der Waals surface area contributed by atoms with Gasteiger partial charge in [-0.2, -0.15) is 0 Å². The maximum Gasteiger partial charge on any atom is 0.255 e. The molecule has 5 rings (SSSR count). The molecule has 5 nitrogen and oxygen atoms in total. The number of hydrogen-bond donors (Lipinski definition) is 1. The van der Waals surface area contributed by atoms with Crippen molar-refractivity contribution in [2.24, 2.45) is 0 Å². The molecule has 1 saturated heterocycles. The zero-order valence-corrected chi connectivity index (χ0v) is 18.3. The summed E-state index contributed by atoms with van der Waals surface area (Å²) in [4.78, 5) is 17.8. The molecule has 2 aliphatic rings. The van der Waals surface area contributed by atoms with Gasteiger partial charge < -0.3 is 15.0 Å². The normalized spacial score (nSPS) is 16.1. The predicted octanol–water partition coefficient (Wildman–Crippen LogP) is 4.33. The van der Waals surface area contributed by atoms with Crippen LogP contribution in [0, 0.1) is 0 Å². The lowest BCUT2D eigenvalue weighted by Crippen LogP contribution is -2.35. The van der Waals surface area contributed by atoms with Gasteiger partial charge in [0, 0.05) is 49.7 Å². The van der Waals surface area contributed by atoms with Crippen LogP contribution in [0.4, 0.5) is 11.4 Å². The lowest BCUT2D eigenvalue weighted by molar-refractivity contribution is 0.0342. The van der Waals surface area contributed by atoms with E-state index in [0.717, 1.165) is 69.2 Å². The van der Waals surface area contributed by atoms with Crippen molar-refractivity contribution in [3.05, 3.63) is 95.1 Å². The third-order valence-corrected chi connectivity index (χ3v) is 6.31. The van der Waals surface area contributed by atoms with Gasteiger partial charge in [0.1, 0.15) is 0 Å². The quantitative estimate of drug-likeness (QED) is 0.636. The molecule has 0 aliphatic carbocycles. The maximum absolute atomic E-state index is 13.1. The second kappa shape index (κ2) is 9.55. The molecule has 164 valence electrons. The number of morpholine rings is 1. The van der Waals surface area contributed by atoms with Crippen LogP contribution in [-0.2, 0) is 24.2 Å². The molecule has 0 unspecified atom stereocenters. The van der Waals surface area contributed by atoms with Gasteiger partial charge in [-0.05, 0) is 47.4 Å². The van der Waals surface area contributed by atoms with E-state index in [2.05, 4.69) is 51.5 Å². The molecule has 3 aromatic carbocycles. The molecule has 0 saturated carbocycles. The van der Waals surface area contributed by atoms with Gasteiger partial charge in [-0.15, -0.1) is 0 Å². The molecule has 1 fully saturated rings. The molecule has 2 heterocycles. The van der Waals surface area contributed by atoms with E-state index in [4.69, 9.17) is 4.74 Å². The molecular formula is C27H29N3O2. The first-order valence-electron chi connectivity index (χ1n) is 11.4. The Hall–Kier alpha value is -3.15. The molecule has 0 spiro atoms. The standard InChI is InChI=1S/C27H29N3O2/c31-27(23-9-5-6-21(18-23)19-29-14-16-32-17-15-29)28-25-10-3-1-8-24(25)20-30-13-12-22-7-2-4-11-26(22)30/h1-11,18H,12-17,19-20H2,(H,28,31). The summed E-state index contributed by atoms with van der Waals surface area (Å²) in [6.07, 6.45) is 1.07. The number of fused-ring (bicyclic) bond motifs is 1. The number of nitrogens with zero attached hydrogens (tertiary/aromatic N) is 2. The molecule has 3 aromatic rings. The van der Waals surface area contributed by atoms with Gasteiger partial charge in [-0.3, -0.25) is 9.69 Å². The zero-order valence-electron chi connectivity index (χ0n) is 18.3. The largest absolute Gasteiger partial charge is 0.379 e. The summed E-state index contributed by atoms with van der Waals surface area (Å²) in [6, 6.07) is 24.6. The summed E-state index contributed by atoms with van der Waals surface area (Å²) in [6.45, 7) is 6.05. The van der Waals surface area contributed by atoms with E-state index < -0.39 is 0 Å². The Kier molecular flexibility index (Phi) is 6.19. The third kappa shape index (κ3) is 4.69. The van der Waals surface area contributed by atoms with Gasteiger partial charge in [0.25, 0.3) is 5.91 Å². The van der Waals surface area contributed by atoms with Gasteiger partial charge in [0.05, 0.1) is 13.2 Å². The highest BCUT2D eigenvalue weighted by atomic mass is 16.5. The summed E-state index contributed by atoms with van der Waals surface area (Å²) in [5, 5.41) is 3.16. The van der Waals surface area contributed by atoms with Gasteiger partial charge >= 0.3 is 0 Å². The van der Waals surface area contributed by atoms with Crippen LogP contribution in [0.3, 0.4) is 0 Å². The number of anilines is 2. The van der Waals surface area contributed by atoms with Crippen LogP contribution < -0.4 is 10.2 Å². The van der Waals surface area contributed by atoms with Crippen molar-refractivity contribution in [3.63, 3.8) is 0 Å². The van der Waals surface area contributed by atoms with E-state index in [0.29, 0.717) is 5.56 Å². The van der Waals surface area contributed by atoms with Crippen LogP contribution >= 0.6 is 0 Å². The highest BCUT2D eigenvalue weighted by Gasteiger charge is 2.20. The van der Waals surface area contributed by atoms with Crippen molar-refractivity contribution < 1.29 is 9.53 Å². The molecule has 32 heavy (non-hydrogen) atoms. The SMILES string of the molecule is O=C(Nc1ccccc1CN1CCc2ccccc21)c1cccc(CN2CCOCC2)c1. The van der Waals surface area contributed by atoms with Crippen molar-refractivity contribution >= 4 is 17.3 Å². The Morgan fingerprint density at radius 1 is 0.875 bits per heavy atom. The highest BCUT2D eigenvalue weighted by Crippen LogP contribution is 2.30. The second-order valence-electron chi connectivity index (χ2n) is 8.50. The Balaban J connectivity index is 1.29. The van der Waals surface area contributed by atoms with Gasteiger partial charge in [-0.1, -0.05) is 48.5 Å². The number of ether oxygens (including phenoxy) is 1. The monoisotopic (exact) mass is 427 g/mol. The first kappa shape index (κ1) is 20.7. The van der Waals surface area contributed by atoms with Crippen molar-refractivity contribution in [3.8, 4) is 0 Å². The average molecular weight is 428 g/mol. The van der Waals surface area contributed by atoms with Gasteiger partial charge in [0.15, 0.2) is 0 Å². The van der Waals surface area contributed by atoms with E-state index in [9.17, 15) is 4.79 Å². The minimum atomic E-state index is -0.0666. The minimum absolute atomic E-state index is 0.0666. The molecule has 0 aromatic heterocycles. The number of para-hydroxylation sites is 2. The van der Waals surface area contributed by atoms with Gasteiger partial charge in [0.2, 0.25) is 0 Å². The predicted molar refractivity (Wildman–Crippen MR) is 128 cm³/mol. The topological polar surface area (TPSA) is 44.8 Å². The molecule has 1 N–H and O–H groups in total. The fourth-order valence-electron chi connectivity index (χ4n) is 4.58. The number of carbonyl (C=O) groups is 1. The van der Waals surface area contributed by atoms with Crippen LogP contribution in [0.5, 0.6) is 0 Å².